The first-order valence-corrected chi connectivity index (χ1v) is 11.9. The van der Waals surface area contributed by atoms with Gasteiger partial charge < -0.3 is 14.5 Å². The number of H-pyrrole nitrogens is 2. The Kier molecular flexibility index (Phi) is 4.64. The minimum atomic E-state index is -0.982. The Labute approximate surface area is 210 Å². The van der Waals surface area contributed by atoms with Crippen molar-refractivity contribution >= 4 is 10.9 Å². The van der Waals surface area contributed by atoms with Crippen LogP contribution in [0.15, 0.2) is 65.7 Å². The third-order valence-electron chi connectivity index (χ3n) is 6.92. The molecule has 0 amide bonds. The monoisotopic (exact) mass is 495 g/mol. The largest absolute Gasteiger partial charge is 0.356 e. The van der Waals surface area contributed by atoms with E-state index in [1.165, 1.54) is 12.3 Å². The van der Waals surface area contributed by atoms with Crippen molar-refractivity contribution in [1.82, 2.24) is 45.2 Å². The summed E-state index contributed by atoms with van der Waals surface area (Å²) in [5, 5.41) is 13.7. The molecule has 3 N–H and O–H groups in total. The van der Waals surface area contributed by atoms with Gasteiger partial charge in [-0.25, -0.2) is 9.37 Å². The van der Waals surface area contributed by atoms with E-state index in [0.29, 0.717) is 35.3 Å². The third-order valence-corrected chi connectivity index (χ3v) is 6.92. The number of rotatable bonds is 4. The van der Waals surface area contributed by atoms with E-state index in [9.17, 15) is 4.39 Å². The smallest absolute Gasteiger partial charge is 0.223 e. The average Bonchev–Trinajstić information content (AvgIpc) is 3.70. The Bertz CT molecular complexity index is 1700. The highest BCUT2D eigenvalue weighted by Gasteiger charge is 2.50. The minimum Gasteiger partial charge on any atom is -0.356 e. The molecule has 0 bridgehead atoms. The summed E-state index contributed by atoms with van der Waals surface area (Å²) >= 11 is 0. The molecule has 0 fully saturated rings. The molecule has 5 aromatic heterocycles. The van der Waals surface area contributed by atoms with E-state index in [1.54, 1.807) is 23.9 Å². The molecule has 1 aliphatic heterocycles. The maximum Gasteiger partial charge on any atom is 0.223 e. The summed E-state index contributed by atoms with van der Waals surface area (Å²) in [4.78, 5) is 20.6. The first kappa shape index (κ1) is 21.6. The molecular weight excluding hydrogens is 473 g/mol. The number of aromatic amines is 2. The SMILES string of the molecule is Cc1nc(C2(c3cnn(C)c3)N[C@@H](c3ncc(-c4ccc(F)cn4)[nH]3)Cc3c2[nH]c2ccccc32)no1. The zero-order valence-corrected chi connectivity index (χ0v) is 20.0. The lowest BCUT2D eigenvalue weighted by atomic mass is 9.79. The van der Waals surface area contributed by atoms with Gasteiger partial charge in [-0.2, -0.15) is 10.1 Å². The molecule has 1 aromatic carbocycles. The van der Waals surface area contributed by atoms with E-state index in [-0.39, 0.29) is 11.9 Å². The lowest BCUT2D eigenvalue weighted by Gasteiger charge is -2.39. The topological polar surface area (TPSA) is 126 Å². The predicted molar refractivity (Wildman–Crippen MR) is 132 cm³/mol. The van der Waals surface area contributed by atoms with Crippen LogP contribution in [0.3, 0.4) is 0 Å². The van der Waals surface area contributed by atoms with Gasteiger partial charge >= 0.3 is 0 Å². The van der Waals surface area contributed by atoms with E-state index in [0.717, 1.165) is 27.7 Å². The molecule has 6 heterocycles. The van der Waals surface area contributed by atoms with Crippen LogP contribution in [0.1, 0.15) is 40.4 Å². The molecular formula is C26H22FN9O. The lowest BCUT2D eigenvalue weighted by Crippen LogP contribution is -2.51. The quantitative estimate of drug-likeness (QED) is 0.340. The second kappa shape index (κ2) is 7.93. The van der Waals surface area contributed by atoms with Gasteiger partial charge in [0.15, 0.2) is 5.54 Å². The molecule has 0 saturated carbocycles. The Hall–Kier alpha value is -4.64. The van der Waals surface area contributed by atoms with Crippen LogP contribution in [-0.4, -0.2) is 39.9 Å². The van der Waals surface area contributed by atoms with Gasteiger partial charge in [0.25, 0.3) is 0 Å². The first-order chi connectivity index (χ1) is 18.0. The maximum atomic E-state index is 13.4. The number of fused-ring (bicyclic) bond motifs is 3. The summed E-state index contributed by atoms with van der Waals surface area (Å²) in [7, 11) is 1.87. The molecule has 0 spiro atoms. The number of halogens is 1. The number of para-hydroxylation sites is 1. The maximum absolute atomic E-state index is 13.4. The first-order valence-electron chi connectivity index (χ1n) is 11.9. The zero-order valence-electron chi connectivity index (χ0n) is 20.0. The summed E-state index contributed by atoms with van der Waals surface area (Å²) in [5.41, 5.74) is 4.26. The number of nitrogens with one attached hydrogen (secondary N) is 3. The van der Waals surface area contributed by atoms with Crippen LogP contribution in [0.25, 0.3) is 22.3 Å². The summed E-state index contributed by atoms with van der Waals surface area (Å²) in [6, 6.07) is 11.0. The Morgan fingerprint density at radius 2 is 1.97 bits per heavy atom. The van der Waals surface area contributed by atoms with Gasteiger partial charge in [-0.05, 0) is 30.2 Å². The van der Waals surface area contributed by atoms with Crippen LogP contribution in [-0.2, 0) is 19.0 Å². The van der Waals surface area contributed by atoms with Crippen molar-refractivity contribution < 1.29 is 8.91 Å². The van der Waals surface area contributed by atoms with Crippen molar-refractivity contribution in [2.75, 3.05) is 0 Å². The molecule has 0 saturated heterocycles. The van der Waals surface area contributed by atoms with Gasteiger partial charge in [0.2, 0.25) is 11.7 Å². The predicted octanol–water partition coefficient (Wildman–Crippen LogP) is 3.70. The molecule has 7 rings (SSSR count). The van der Waals surface area contributed by atoms with Crippen molar-refractivity contribution in [2.24, 2.45) is 7.05 Å². The van der Waals surface area contributed by atoms with E-state index >= 15 is 0 Å². The Morgan fingerprint density at radius 1 is 1.08 bits per heavy atom. The van der Waals surface area contributed by atoms with Gasteiger partial charge in [0.05, 0.1) is 41.7 Å². The van der Waals surface area contributed by atoms with Gasteiger partial charge in [-0.1, -0.05) is 23.4 Å². The third kappa shape index (κ3) is 3.31. The molecule has 11 heteroatoms. The molecule has 6 aromatic rings. The molecule has 2 atom stereocenters. The van der Waals surface area contributed by atoms with E-state index in [1.807, 2.05) is 31.6 Å². The Balaban J connectivity index is 1.44. The van der Waals surface area contributed by atoms with Gasteiger partial charge in [0, 0.05) is 36.6 Å². The minimum absolute atomic E-state index is 0.250. The number of hydrogen-bond donors (Lipinski definition) is 3. The van der Waals surface area contributed by atoms with Crippen LogP contribution in [0.4, 0.5) is 4.39 Å². The van der Waals surface area contributed by atoms with Crippen LogP contribution in [0.5, 0.6) is 0 Å². The normalized spacial score (nSPS) is 19.4. The van der Waals surface area contributed by atoms with Crippen molar-refractivity contribution in [1.29, 1.82) is 0 Å². The molecule has 0 radical (unpaired) electrons. The second-order valence-electron chi connectivity index (χ2n) is 9.26. The fourth-order valence-electron chi connectivity index (χ4n) is 5.26. The molecule has 1 unspecified atom stereocenters. The van der Waals surface area contributed by atoms with Crippen LogP contribution in [0.2, 0.25) is 0 Å². The van der Waals surface area contributed by atoms with Gasteiger partial charge in [-0.15, -0.1) is 0 Å². The Morgan fingerprint density at radius 3 is 2.73 bits per heavy atom. The number of hydrogen-bond acceptors (Lipinski definition) is 7. The molecule has 184 valence electrons. The van der Waals surface area contributed by atoms with E-state index in [4.69, 9.17) is 9.51 Å². The van der Waals surface area contributed by atoms with Crippen molar-refractivity contribution in [2.45, 2.75) is 24.9 Å². The van der Waals surface area contributed by atoms with E-state index < -0.39 is 5.54 Å². The summed E-state index contributed by atoms with van der Waals surface area (Å²) in [6.45, 7) is 1.77. The summed E-state index contributed by atoms with van der Waals surface area (Å²) in [5.74, 6) is 1.26. The highest BCUT2D eigenvalue weighted by molar-refractivity contribution is 5.86. The molecule has 10 nitrogen and oxygen atoms in total. The van der Waals surface area contributed by atoms with Crippen LogP contribution < -0.4 is 5.32 Å². The molecule has 0 aliphatic carbocycles. The number of benzene rings is 1. The van der Waals surface area contributed by atoms with Crippen LogP contribution in [0, 0.1) is 12.7 Å². The molecule has 1 aliphatic rings. The standard InChI is InChI=1S/C26H22FN9O/c1-14-31-25(35-37-14)26(15-10-30-36(2)13-15)23-18(17-5-3-4-6-19(17)32-23)9-21(34-26)24-29-12-22(33-24)20-8-7-16(27)11-28-20/h3-8,10-13,21,32,34H,9H2,1-2H3,(H,29,33)/t21-,26?/m1/s1. The average molecular weight is 496 g/mol. The van der Waals surface area contributed by atoms with Crippen LogP contribution >= 0.6 is 0 Å². The number of nitrogens with zero attached hydrogens (tertiary/aromatic N) is 6. The number of pyridine rings is 1. The van der Waals surface area contributed by atoms with Crippen molar-refractivity contribution in [3.63, 3.8) is 0 Å². The highest BCUT2D eigenvalue weighted by Crippen LogP contribution is 2.45. The fraction of sp³-hybridized carbons (Fsp3) is 0.192. The number of imidazole rings is 1. The summed E-state index contributed by atoms with van der Waals surface area (Å²) in [6.07, 6.45) is 7.33. The fourth-order valence-corrected chi connectivity index (χ4v) is 5.26. The number of aryl methyl sites for hydroxylation is 2. The molecule has 37 heavy (non-hydrogen) atoms. The lowest BCUT2D eigenvalue weighted by molar-refractivity contribution is 0.317. The van der Waals surface area contributed by atoms with Gasteiger partial charge in [0.1, 0.15) is 11.6 Å². The van der Waals surface area contributed by atoms with Crippen molar-refractivity contribution in [3.05, 3.63) is 101 Å². The van der Waals surface area contributed by atoms with E-state index in [2.05, 4.69) is 47.6 Å². The number of aromatic nitrogens is 8. The summed E-state index contributed by atoms with van der Waals surface area (Å²) < 4.78 is 20.6. The van der Waals surface area contributed by atoms with Crippen molar-refractivity contribution in [3.8, 4) is 11.4 Å². The highest BCUT2D eigenvalue weighted by atomic mass is 19.1. The zero-order chi connectivity index (χ0) is 25.1. The van der Waals surface area contributed by atoms with Gasteiger partial charge in [-0.3, -0.25) is 15.0 Å². The second-order valence-corrected chi connectivity index (χ2v) is 9.26.